The van der Waals surface area contributed by atoms with Gasteiger partial charge in [0.2, 0.25) is 0 Å². The molecule has 200 valence electrons. The summed E-state index contributed by atoms with van der Waals surface area (Å²) in [5.74, 6) is 0.717. The molecule has 2 aromatic heterocycles. The van der Waals surface area contributed by atoms with Gasteiger partial charge in [-0.3, -0.25) is 0 Å². The number of nitrogens with zero attached hydrogens (tertiary/aromatic N) is 2. The first kappa shape index (κ1) is 23.9. The van der Waals surface area contributed by atoms with Gasteiger partial charge >= 0.3 is 0 Å². The second kappa shape index (κ2) is 9.37. The Balaban J connectivity index is 1.34. The zero-order valence-electron chi connectivity index (χ0n) is 23.2. The van der Waals surface area contributed by atoms with Crippen molar-refractivity contribution in [3.8, 4) is 33.9 Å². The van der Waals surface area contributed by atoms with Crippen molar-refractivity contribution in [1.82, 2.24) is 9.97 Å². The predicted molar refractivity (Wildman–Crippen MR) is 178 cm³/mol. The molecule has 3 heteroatoms. The second-order valence-electron chi connectivity index (χ2n) is 11.0. The van der Waals surface area contributed by atoms with Crippen molar-refractivity contribution in [1.29, 1.82) is 0 Å². The Kier molecular flexibility index (Phi) is 5.20. The Labute approximate surface area is 247 Å². The Morgan fingerprint density at radius 1 is 0.349 bits per heavy atom. The summed E-state index contributed by atoms with van der Waals surface area (Å²) in [6.07, 6.45) is 0. The first-order valence-corrected chi connectivity index (χ1v) is 14.5. The van der Waals surface area contributed by atoms with Gasteiger partial charge in [-0.05, 0) is 57.3 Å². The highest BCUT2D eigenvalue weighted by molar-refractivity contribution is 6.34. The number of aromatic nitrogens is 2. The maximum Gasteiger partial charge on any atom is 0.160 e. The minimum absolute atomic E-state index is 0.717. The van der Waals surface area contributed by atoms with Crippen molar-refractivity contribution in [3.63, 3.8) is 0 Å². The summed E-state index contributed by atoms with van der Waals surface area (Å²) in [7, 11) is 0. The van der Waals surface area contributed by atoms with Crippen molar-refractivity contribution >= 4 is 54.3 Å². The van der Waals surface area contributed by atoms with Crippen LogP contribution in [0.2, 0.25) is 0 Å². The van der Waals surface area contributed by atoms with E-state index in [9.17, 15) is 0 Å². The molecule has 0 atom stereocenters. The second-order valence-corrected chi connectivity index (χ2v) is 11.0. The van der Waals surface area contributed by atoms with Crippen molar-refractivity contribution in [2.24, 2.45) is 0 Å². The van der Waals surface area contributed by atoms with Gasteiger partial charge in [0.05, 0.1) is 11.4 Å². The summed E-state index contributed by atoms with van der Waals surface area (Å²) >= 11 is 0. The van der Waals surface area contributed by atoms with E-state index in [4.69, 9.17) is 14.4 Å². The van der Waals surface area contributed by atoms with Crippen LogP contribution in [0.3, 0.4) is 0 Å². The lowest BCUT2D eigenvalue weighted by Gasteiger charge is -2.14. The lowest BCUT2D eigenvalue weighted by Crippen LogP contribution is -1.96. The smallest absolute Gasteiger partial charge is 0.160 e. The van der Waals surface area contributed by atoms with Crippen LogP contribution in [0.15, 0.2) is 150 Å². The maximum absolute atomic E-state index is 6.28. The first-order valence-electron chi connectivity index (χ1n) is 14.5. The van der Waals surface area contributed by atoms with E-state index in [0.29, 0.717) is 0 Å². The lowest BCUT2D eigenvalue weighted by atomic mass is 9.90. The Morgan fingerprint density at radius 3 is 1.72 bits per heavy atom. The molecule has 0 amide bonds. The summed E-state index contributed by atoms with van der Waals surface area (Å²) in [5.41, 5.74) is 6.75. The van der Waals surface area contributed by atoms with Crippen LogP contribution in [0, 0.1) is 0 Å². The fourth-order valence-electron chi connectivity index (χ4n) is 6.49. The topological polar surface area (TPSA) is 38.9 Å². The SMILES string of the molecule is c1ccc(-c2cc(-c3ccc4c(c3)c3ccccc3c3c4ccc4oc5ccccc5c43)nc(-c3ccccc3)n2)cc1. The molecular weight excluding hydrogens is 524 g/mol. The fraction of sp³-hybridized carbons (Fsp3) is 0. The average Bonchev–Trinajstić information content (AvgIpc) is 3.47. The molecule has 0 bridgehead atoms. The van der Waals surface area contributed by atoms with Crippen molar-refractivity contribution < 1.29 is 4.42 Å². The van der Waals surface area contributed by atoms with Crippen molar-refractivity contribution in [2.45, 2.75) is 0 Å². The minimum Gasteiger partial charge on any atom is -0.456 e. The molecule has 2 heterocycles. The molecule has 0 aliphatic heterocycles. The summed E-state index contributed by atoms with van der Waals surface area (Å²) in [6.45, 7) is 0. The number of furan rings is 1. The monoisotopic (exact) mass is 548 g/mol. The molecule has 0 N–H and O–H groups in total. The van der Waals surface area contributed by atoms with Crippen molar-refractivity contribution in [3.05, 3.63) is 146 Å². The van der Waals surface area contributed by atoms with E-state index in [1.54, 1.807) is 0 Å². The number of benzene rings is 7. The van der Waals surface area contributed by atoms with E-state index in [2.05, 4.69) is 97.1 Å². The third-order valence-corrected chi connectivity index (χ3v) is 8.46. The molecule has 0 saturated carbocycles. The van der Waals surface area contributed by atoms with E-state index >= 15 is 0 Å². The number of hydrogen-bond acceptors (Lipinski definition) is 3. The number of para-hydroxylation sites is 1. The molecule has 0 saturated heterocycles. The zero-order chi connectivity index (χ0) is 28.3. The normalized spacial score (nSPS) is 11.7. The van der Waals surface area contributed by atoms with Gasteiger partial charge in [0, 0.05) is 32.8 Å². The molecule has 9 rings (SSSR count). The van der Waals surface area contributed by atoms with Crippen LogP contribution in [-0.2, 0) is 0 Å². The van der Waals surface area contributed by atoms with Crippen molar-refractivity contribution in [2.75, 3.05) is 0 Å². The van der Waals surface area contributed by atoms with Gasteiger partial charge in [0.25, 0.3) is 0 Å². The lowest BCUT2D eigenvalue weighted by molar-refractivity contribution is 0.669. The van der Waals surface area contributed by atoms with Crippen LogP contribution in [0.25, 0.3) is 88.2 Å². The van der Waals surface area contributed by atoms with E-state index in [0.717, 1.165) is 50.5 Å². The Hall–Kier alpha value is -5.80. The highest BCUT2D eigenvalue weighted by atomic mass is 16.3. The standard InChI is InChI=1S/C40H24N2O/c1-3-11-25(12-4-1)34-24-35(42-40(41-34)26-13-5-2-6-14-26)27-19-20-29-31-21-22-37-39(32-17-9-10-18-36(32)43-37)38(31)30-16-8-7-15-28(30)33(29)23-27/h1-24H. The molecule has 0 aliphatic rings. The predicted octanol–water partition coefficient (Wildman–Crippen LogP) is 10.8. The van der Waals surface area contributed by atoms with Crippen LogP contribution >= 0.6 is 0 Å². The molecular formula is C40H24N2O. The number of hydrogen-bond donors (Lipinski definition) is 0. The molecule has 0 unspecified atom stereocenters. The molecule has 0 radical (unpaired) electrons. The molecule has 0 fully saturated rings. The largest absolute Gasteiger partial charge is 0.456 e. The summed E-state index contributed by atoms with van der Waals surface area (Å²) in [6, 6.07) is 50.7. The van der Waals surface area contributed by atoms with E-state index in [1.165, 1.54) is 37.7 Å². The molecule has 3 nitrogen and oxygen atoms in total. The molecule has 7 aromatic carbocycles. The molecule has 0 aliphatic carbocycles. The van der Waals surface area contributed by atoms with E-state index < -0.39 is 0 Å². The molecule has 0 spiro atoms. The van der Waals surface area contributed by atoms with Crippen LogP contribution < -0.4 is 0 Å². The number of fused-ring (bicyclic) bond motifs is 10. The van der Waals surface area contributed by atoms with Crippen LogP contribution in [0.5, 0.6) is 0 Å². The summed E-state index contributed by atoms with van der Waals surface area (Å²) < 4.78 is 6.28. The van der Waals surface area contributed by atoms with E-state index in [-0.39, 0.29) is 0 Å². The average molecular weight is 549 g/mol. The van der Waals surface area contributed by atoms with Crippen LogP contribution in [0.4, 0.5) is 0 Å². The third-order valence-electron chi connectivity index (χ3n) is 8.46. The van der Waals surface area contributed by atoms with Gasteiger partial charge < -0.3 is 4.42 Å². The van der Waals surface area contributed by atoms with Crippen LogP contribution in [-0.4, -0.2) is 9.97 Å². The van der Waals surface area contributed by atoms with Gasteiger partial charge in [-0.1, -0.05) is 115 Å². The van der Waals surface area contributed by atoms with E-state index in [1.807, 2.05) is 48.5 Å². The molecule has 43 heavy (non-hydrogen) atoms. The Morgan fingerprint density at radius 2 is 0.930 bits per heavy atom. The van der Waals surface area contributed by atoms with Gasteiger partial charge in [0.15, 0.2) is 5.82 Å². The fourth-order valence-corrected chi connectivity index (χ4v) is 6.49. The quantitative estimate of drug-likeness (QED) is 0.206. The van der Waals surface area contributed by atoms with Gasteiger partial charge in [0.1, 0.15) is 11.2 Å². The third kappa shape index (κ3) is 3.75. The summed E-state index contributed by atoms with van der Waals surface area (Å²) in [5, 5.41) is 9.62. The van der Waals surface area contributed by atoms with Crippen LogP contribution in [0.1, 0.15) is 0 Å². The summed E-state index contributed by atoms with van der Waals surface area (Å²) in [4.78, 5) is 10.1. The zero-order valence-corrected chi connectivity index (χ0v) is 23.2. The van der Waals surface area contributed by atoms with Gasteiger partial charge in [-0.15, -0.1) is 0 Å². The molecule has 9 aromatic rings. The minimum atomic E-state index is 0.717. The maximum atomic E-state index is 6.28. The van der Waals surface area contributed by atoms with Gasteiger partial charge in [-0.25, -0.2) is 9.97 Å². The first-order chi connectivity index (χ1) is 21.3. The number of rotatable bonds is 3. The highest BCUT2D eigenvalue weighted by Crippen LogP contribution is 2.43. The highest BCUT2D eigenvalue weighted by Gasteiger charge is 2.17. The Bertz CT molecular complexity index is 2420. The van der Waals surface area contributed by atoms with Gasteiger partial charge in [-0.2, -0.15) is 0 Å².